The van der Waals surface area contributed by atoms with Crippen LogP contribution >= 0.6 is 0 Å². The monoisotopic (exact) mass is 333 g/mol. The van der Waals surface area contributed by atoms with Gasteiger partial charge in [-0.05, 0) is 40.8 Å². The number of alkyl halides is 3. The van der Waals surface area contributed by atoms with Crippen molar-refractivity contribution in [2.75, 3.05) is 0 Å². The maximum atomic E-state index is 12.6. The van der Waals surface area contributed by atoms with Gasteiger partial charge in [-0.25, -0.2) is 4.98 Å². The molecule has 0 aliphatic carbocycles. The molecule has 0 aliphatic rings. The highest BCUT2D eigenvalue weighted by atomic mass is 19.4. The van der Waals surface area contributed by atoms with E-state index in [1.165, 1.54) is 12.1 Å². The van der Waals surface area contributed by atoms with E-state index in [1.54, 1.807) is 0 Å². The molecule has 0 fully saturated rings. The number of benzene rings is 2. The maximum Gasteiger partial charge on any atom is 0.416 e. The zero-order chi connectivity index (χ0) is 17.5. The standard InChI is InChI=1S/C19H18F3NO/c1-18(2,3)14-8-9-16-15(11-14)23-17(24-16)10-12-4-6-13(7-5-12)19(20,21)22/h4-9,11H,10H2,1-3H3. The summed E-state index contributed by atoms with van der Waals surface area (Å²) in [6, 6.07) is 11.0. The molecule has 0 spiro atoms. The Hall–Kier alpha value is -2.30. The lowest BCUT2D eigenvalue weighted by molar-refractivity contribution is -0.137. The van der Waals surface area contributed by atoms with Gasteiger partial charge >= 0.3 is 6.18 Å². The second kappa shape index (κ2) is 5.65. The fraction of sp³-hybridized carbons (Fsp3) is 0.316. The van der Waals surface area contributed by atoms with E-state index >= 15 is 0 Å². The van der Waals surface area contributed by atoms with Gasteiger partial charge in [0.2, 0.25) is 0 Å². The number of aromatic nitrogens is 1. The van der Waals surface area contributed by atoms with Gasteiger partial charge in [-0.15, -0.1) is 0 Å². The minimum Gasteiger partial charge on any atom is -0.440 e. The van der Waals surface area contributed by atoms with E-state index < -0.39 is 11.7 Å². The quantitative estimate of drug-likeness (QED) is 0.598. The van der Waals surface area contributed by atoms with Crippen molar-refractivity contribution in [2.45, 2.75) is 38.8 Å². The molecule has 2 nitrogen and oxygen atoms in total. The number of hydrogen-bond donors (Lipinski definition) is 0. The Morgan fingerprint density at radius 1 is 0.917 bits per heavy atom. The average molecular weight is 333 g/mol. The maximum absolute atomic E-state index is 12.6. The van der Waals surface area contributed by atoms with Crippen molar-refractivity contribution in [3.8, 4) is 0 Å². The van der Waals surface area contributed by atoms with Crippen molar-refractivity contribution < 1.29 is 17.6 Å². The van der Waals surface area contributed by atoms with Crippen molar-refractivity contribution in [1.82, 2.24) is 4.98 Å². The van der Waals surface area contributed by atoms with Crippen LogP contribution in [-0.4, -0.2) is 4.98 Å². The van der Waals surface area contributed by atoms with Crippen molar-refractivity contribution in [1.29, 1.82) is 0 Å². The van der Waals surface area contributed by atoms with Gasteiger partial charge in [-0.3, -0.25) is 0 Å². The number of hydrogen-bond acceptors (Lipinski definition) is 2. The first kappa shape index (κ1) is 16.6. The number of nitrogens with zero attached hydrogens (tertiary/aromatic N) is 1. The molecule has 0 bridgehead atoms. The van der Waals surface area contributed by atoms with Crippen LogP contribution in [0.5, 0.6) is 0 Å². The zero-order valence-corrected chi connectivity index (χ0v) is 13.7. The van der Waals surface area contributed by atoms with E-state index in [-0.39, 0.29) is 5.41 Å². The molecule has 1 heterocycles. The molecule has 0 N–H and O–H groups in total. The van der Waals surface area contributed by atoms with Crippen LogP contribution in [-0.2, 0) is 18.0 Å². The largest absolute Gasteiger partial charge is 0.440 e. The molecule has 2 aromatic carbocycles. The molecule has 1 aromatic heterocycles. The summed E-state index contributed by atoms with van der Waals surface area (Å²) in [5.41, 5.74) is 2.70. The molecule has 0 aliphatic heterocycles. The van der Waals surface area contributed by atoms with E-state index in [0.29, 0.717) is 17.9 Å². The first-order valence-corrected chi connectivity index (χ1v) is 7.69. The molecule has 126 valence electrons. The molecule has 0 saturated carbocycles. The third-order valence-electron chi connectivity index (χ3n) is 3.93. The zero-order valence-electron chi connectivity index (χ0n) is 13.7. The van der Waals surface area contributed by atoms with Crippen LogP contribution in [0.25, 0.3) is 11.1 Å². The highest BCUT2D eigenvalue weighted by Gasteiger charge is 2.29. The fourth-order valence-corrected chi connectivity index (χ4v) is 2.50. The summed E-state index contributed by atoms with van der Waals surface area (Å²) in [6.07, 6.45) is -3.96. The molecule has 0 amide bonds. The van der Waals surface area contributed by atoms with Crippen LogP contribution in [0.2, 0.25) is 0 Å². The Labute approximate surface area is 138 Å². The van der Waals surface area contributed by atoms with Crippen molar-refractivity contribution in [2.24, 2.45) is 0 Å². The summed E-state index contributed by atoms with van der Waals surface area (Å²) in [4.78, 5) is 4.46. The van der Waals surface area contributed by atoms with Crippen molar-refractivity contribution in [3.05, 3.63) is 65.0 Å². The van der Waals surface area contributed by atoms with Crippen molar-refractivity contribution >= 4 is 11.1 Å². The van der Waals surface area contributed by atoms with E-state index in [9.17, 15) is 13.2 Å². The number of rotatable bonds is 2. The number of fused-ring (bicyclic) bond motifs is 1. The Morgan fingerprint density at radius 3 is 2.12 bits per heavy atom. The summed E-state index contributed by atoms with van der Waals surface area (Å²) in [6.45, 7) is 6.37. The van der Waals surface area contributed by atoms with Crippen LogP contribution in [0.15, 0.2) is 46.9 Å². The molecule has 5 heteroatoms. The van der Waals surface area contributed by atoms with Crippen LogP contribution in [0.1, 0.15) is 43.4 Å². The SMILES string of the molecule is CC(C)(C)c1ccc2oc(Cc3ccc(C(F)(F)F)cc3)nc2c1. The van der Waals surface area contributed by atoms with Gasteiger partial charge in [0, 0.05) is 6.42 Å². The van der Waals surface area contributed by atoms with Gasteiger partial charge < -0.3 is 4.42 Å². The number of halogens is 3. The first-order chi connectivity index (χ1) is 11.1. The summed E-state index contributed by atoms with van der Waals surface area (Å²) >= 11 is 0. The second-order valence-corrected chi connectivity index (χ2v) is 6.91. The third kappa shape index (κ3) is 3.45. The van der Waals surface area contributed by atoms with Crippen molar-refractivity contribution in [3.63, 3.8) is 0 Å². The lowest BCUT2D eigenvalue weighted by Gasteiger charge is -2.18. The minimum atomic E-state index is -4.32. The van der Waals surface area contributed by atoms with Gasteiger partial charge in [-0.2, -0.15) is 13.2 Å². The molecule has 3 rings (SSSR count). The van der Waals surface area contributed by atoms with E-state index in [0.717, 1.165) is 28.8 Å². The first-order valence-electron chi connectivity index (χ1n) is 7.69. The third-order valence-corrected chi connectivity index (χ3v) is 3.93. The molecular formula is C19H18F3NO. The van der Waals surface area contributed by atoms with E-state index in [4.69, 9.17) is 4.42 Å². The van der Waals surface area contributed by atoms with Gasteiger partial charge in [0.05, 0.1) is 5.56 Å². The molecular weight excluding hydrogens is 315 g/mol. The highest BCUT2D eigenvalue weighted by molar-refractivity contribution is 5.73. The van der Waals surface area contributed by atoms with E-state index in [1.807, 2.05) is 18.2 Å². The summed E-state index contributed by atoms with van der Waals surface area (Å²) in [7, 11) is 0. The summed E-state index contributed by atoms with van der Waals surface area (Å²) < 4.78 is 43.5. The molecule has 0 radical (unpaired) electrons. The molecule has 0 saturated heterocycles. The Balaban J connectivity index is 1.85. The van der Waals surface area contributed by atoms with Gasteiger partial charge in [0.1, 0.15) is 5.52 Å². The lowest BCUT2D eigenvalue weighted by atomic mass is 9.87. The normalized spacial score (nSPS) is 12.8. The Morgan fingerprint density at radius 2 is 1.54 bits per heavy atom. The summed E-state index contributed by atoms with van der Waals surface area (Å²) in [5, 5.41) is 0. The Bertz CT molecular complexity index is 855. The lowest BCUT2D eigenvalue weighted by Crippen LogP contribution is -2.10. The topological polar surface area (TPSA) is 26.0 Å². The molecule has 24 heavy (non-hydrogen) atoms. The van der Waals surface area contributed by atoms with Crippen LogP contribution in [0.3, 0.4) is 0 Å². The molecule has 0 unspecified atom stereocenters. The Kier molecular flexibility index (Phi) is 3.90. The van der Waals surface area contributed by atoms with Crippen LogP contribution in [0.4, 0.5) is 13.2 Å². The second-order valence-electron chi connectivity index (χ2n) is 6.91. The van der Waals surface area contributed by atoms with E-state index in [2.05, 4.69) is 25.8 Å². The predicted molar refractivity (Wildman–Crippen MR) is 87.0 cm³/mol. The van der Waals surface area contributed by atoms with Gasteiger partial charge in [0.25, 0.3) is 0 Å². The fourth-order valence-electron chi connectivity index (χ4n) is 2.50. The predicted octanol–water partition coefficient (Wildman–Crippen LogP) is 5.73. The summed E-state index contributed by atoms with van der Waals surface area (Å²) in [5.74, 6) is 0.496. The molecule has 3 aromatic rings. The number of oxazole rings is 1. The van der Waals surface area contributed by atoms with Gasteiger partial charge in [-0.1, -0.05) is 39.0 Å². The van der Waals surface area contributed by atoms with Crippen LogP contribution in [0, 0.1) is 0 Å². The minimum absolute atomic E-state index is 0.0146. The average Bonchev–Trinajstić information content (AvgIpc) is 2.87. The molecule has 0 atom stereocenters. The smallest absolute Gasteiger partial charge is 0.416 e. The highest BCUT2D eigenvalue weighted by Crippen LogP contribution is 2.30. The van der Waals surface area contributed by atoms with Crippen LogP contribution < -0.4 is 0 Å². The van der Waals surface area contributed by atoms with Gasteiger partial charge in [0.15, 0.2) is 11.5 Å².